The lowest BCUT2D eigenvalue weighted by Gasteiger charge is -1.95. The van der Waals surface area contributed by atoms with Gasteiger partial charge in [0.1, 0.15) is 0 Å². The van der Waals surface area contributed by atoms with Gasteiger partial charge in [-0.15, -0.1) is 0 Å². The summed E-state index contributed by atoms with van der Waals surface area (Å²) in [5.41, 5.74) is 2.60. The van der Waals surface area contributed by atoms with Gasteiger partial charge in [-0.25, -0.2) is 0 Å². The molecule has 88 valence electrons. The summed E-state index contributed by atoms with van der Waals surface area (Å²) in [4.78, 5) is 0. The molecule has 0 aliphatic heterocycles. The average Bonchev–Trinajstić information content (AvgIpc) is 2.66. The second kappa shape index (κ2) is 5.05. The zero-order valence-corrected chi connectivity index (χ0v) is 10.8. The van der Waals surface area contributed by atoms with Crippen LogP contribution in [0.1, 0.15) is 20.3 Å². The molecule has 0 radical (unpaired) electrons. The lowest BCUT2D eigenvalue weighted by atomic mass is 10.2. The summed E-state index contributed by atoms with van der Waals surface area (Å²) in [5, 5.41) is 2.68. The van der Waals surface area contributed by atoms with Crippen LogP contribution < -0.4 is 0 Å². The molecule has 3 rings (SSSR count). The van der Waals surface area contributed by atoms with E-state index in [0.29, 0.717) is 0 Å². The molecule has 0 bridgehead atoms. The van der Waals surface area contributed by atoms with Crippen molar-refractivity contribution in [3.63, 3.8) is 0 Å². The first-order valence-electron chi connectivity index (χ1n) is 6.21. The van der Waals surface area contributed by atoms with Gasteiger partial charge in [-0.2, -0.15) is 0 Å². The summed E-state index contributed by atoms with van der Waals surface area (Å²) in [6.45, 7) is 4.25. The van der Waals surface area contributed by atoms with Crippen LogP contribution in [0.2, 0.25) is 0 Å². The standard InChI is InChI=1S/C13H11N.C3H8/c1-14-12-8-4-2-6-10(12)11-7-3-5-9-13(11)14;1-3-2/h2-9H,1H3;3H2,1-2H3. The summed E-state index contributed by atoms with van der Waals surface area (Å²) in [5.74, 6) is 0. The van der Waals surface area contributed by atoms with E-state index in [4.69, 9.17) is 0 Å². The molecule has 0 saturated heterocycles. The highest BCUT2D eigenvalue weighted by molar-refractivity contribution is 6.07. The summed E-state index contributed by atoms with van der Waals surface area (Å²) in [6, 6.07) is 17.0. The molecule has 0 N–H and O–H groups in total. The number of para-hydroxylation sites is 2. The maximum Gasteiger partial charge on any atom is 0.0488 e. The van der Waals surface area contributed by atoms with Crippen molar-refractivity contribution < 1.29 is 0 Å². The minimum Gasteiger partial charge on any atom is -0.344 e. The van der Waals surface area contributed by atoms with Crippen LogP contribution in [0.25, 0.3) is 21.8 Å². The van der Waals surface area contributed by atoms with E-state index in [1.807, 2.05) is 0 Å². The summed E-state index contributed by atoms with van der Waals surface area (Å²) < 4.78 is 2.24. The van der Waals surface area contributed by atoms with Crippen molar-refractivity contribution in [2.24, 2.45) is 7.05 Å². The lowest BCUT2D eigenvalue weighted by Crippen LogP contribution is -1.84. The molecular weight excluding hydrogens is 206 g/mol. The zero-order valence-electron chi connectivity index (χ0n) is 10.8. The first kappa shape index (κ1) is 11.7. The molecule has 0 unspecified atom stereocenters. The Balaban J connectivity index is 0.000000329. The Labute approximate surface area is 103 Å². The number of rotatable bonds is 0. The molecule has 1 nitrogen and oxygen atoms in total. The number of aromatic nitrogens is 1. The smallest absolute Gasteiger partial charge is 0.0488 e. The van der Waals surface area contributed by atoms with Gasteiger partial charge >= 0.3 is 0 Å². The van der Waals surface area contributed by atoms with Gasteiger partial charge in [0, 0.05) is 28.9 Å². The SMILES string of the molecule is CCC.Cn1c2ccccc2c2ccccc21. The highest BCUT2D eigenvalue weighted by Gasteiger charge is 2.04. The minimum absolute atomic E-state index is 1.25. The van der Waals surface area contributed by atoms with Gasteiger partial charge in [0.2, 0.25) is 0 Å². The number of benzene rings is 2. The Bertz CT molecular complexity index is 566. The van der Waals surface area contributed by atoms with Gasteiger partial charge in [0.05, 0.1) is 0 Å². The van der Waals surface area contributed by atoms with E-state index in [9.17, 15) is 0 Å². The van der Waals surface area contributed by atoms with Gasteiger partial charge in [-0.3, -0.25) is 0 Å². The highest BCUT2D eigenvalue weighted by Crippen LogP contribution is 2.26. The molecule has 2 aromatic carbocycles. The molecule has 0 saturated carbocycles. The molecule has 1 heteroatoms. The Kier molecular flexibility index (Phi) is 3.48. The molecule has 17 heavy (non-hydrogen) atoms. The molecule has 0 fully saturated rings. The van der Waals surface area contributed by atoms with E-state index in [2.05, 4.69) is 74.0 Å². The van der Waals surface area contributed by atoms with E-state index in [-0.39, 0.29) is 0 Å². The third-order valence-electron chi connectivity index (χ3n) is 2.82. The highest BCUT2D eigenvalue weighted by atomic mass is 14.9. The van der Waals surface area contributed by atoms with E-state index in [1.165, 1.54) is 28.2 Å². The number of fused-ring (bicyclic) bond motifs is 3. The van der Waals surface area contributed by atoms with Gasteiger partial charge in [0.15, 0.2) is 0 Å². The first-order valence-corrected chi connectivity index (χ1v) is 6.21. The third kappa shape index (κ3) is 2.05. The fourth-order valence-electron chi connectivity index (χ4n) is 2.12. The van der Waals surface area contributed by atoms with Crippen LogP contribution in [0.3, 0.4) is 0 Å². The van der Waals surface area contributed by atoms with Crippen LogP contribution in [0.15, 0.2) is 48.5 Å². The van der Waals surface area contributed by atoms with Gasteiger partial charge in [-0.1, -0.05) is 56.7 Å². The largest absolute Gasteiger partial charge is 0.344 e. The summed E-state index contributed by atoms with van der Waals surface area (Å²) in [6.07, 6.45) is 1.25. The minimum atomic E-state index is 1.25. The number of nitrogens with zero attached hydrogens (tertiary/aromatic N) is 1. The molecule has 0 amide bonds. The quantitative estimate of drug-likeness (QED) is 0.520. The van der Waals surface area contributed by atoms with Crippen LogP contribution in [-0.2, 0) is 7.05 Å². The first-order chi connectivity index (χ1) is 8.29. The summed E-state index contributed by atoms with van der Waals surface area (Å²) >= 11 is 0. The monoisotopic (exact) mass is 225 g/mol. The predicted molar refractivity (Wildman–Crippen MR) is 76.4 cm³/mol. The Morgan fingerprint density at radius 3 is 1.53 bits per heavy atom. The zero-order chi connectivity index (χ0) is 12.3. The van der Waals surface area contributed by atoms with Crippen molar-refractivity contribution in [2.45, 2.75) is 20.3 Å². The van der Waals surface area contributed by atoms with Crippen LogP contribution >= 0.6 is 0 Å². The number of hydrogen-bond acceptors (Lipinski definition) is 0. The van der Waals surface area contributed by atoms with Crippen molar-refractivity contribution in [3.05, 3.63) is 48.5 Å². The second-order valence-corrected chi connectivity index (χ2v) is 4.30. The third-order valence-corrected chi connectivity index (χ3v) is 2.82. The molecule has 3 aromatic rings. The molecule has 0 aliphatic carbocycles. The second-order valence-electron chi connectivity index (χ2n) is 4.30. The maximum absolute atomic E-state index is 2.24. The van der Waals surface area contributed by atoms with Crippen LogP contribution in [-0.4, -0.2) is 4.57 Å². The van der Waals surface area contributed by atoms with Crippen LogP contribution in [0, 0.1) is 0 Å². The molecular formula is C16H19N. The van der Waals surface area contributed by atoms with Crippen molar-refractivity contribution in [1.82, 2.24) is 4.57 Å². The van der Waals surface area contributed by atoms with Crippen molar-refractivity contribution >= 4 is 21.8 Å². The maximum atomic E-state index is 2.24. The van der Waals surface area contributed by atoms with Crippen molar-refractivity contribution in [2.75, 3.05) is 0 Å². The normalized spacial score (nSPS) is 10.3. The van der Waals surface area contributed by atoms with Gasteiger partial charge < -0.3 is 4.57 Å². The molecule has 1 heterocycles. The molecule has 0 aliphatic rings. The Hall–Kier alpha value is -1.76. The molecule has 0 atom stereocenters. The molecule has 0 spiro atoms. The van der Waals surface area contributed by atoms with Crippen LogP contribution in [0.4, 0.5) is 0 Å². The van der Waals surface area contributed by atoms with E-state index in [1.54, 1.807) is 0 Å². The topological polar surface area (TPSA) is 4.93 Å². The van der Waals surface area contributed by atoms with E-state index < -0.39 is 0 Å². The lowest BCUT2D eigenvalue weighted by molar-refractivity contribution is 1.01. The average molecular weight is 225 g/mol. The fourth-order valence-corrected chi connectivity index (χ4v) is 2.12. The fraction of sp³-hybridized carbons (Fsp3) is 0.250. The Morgan fingerprint density at radius 1 is 0.765 bits per heavy atom. The predicted octanol–water partition coefficient (Wildman–Crippen LogP) is 4.75. The van der Waals surface area contributed by atoms with Crippen molar-refractivity contribution in [3.8, 4) is 0 Å². The number of aryl methyl sites for hydroxylation is 1. The number of hydrogen-bond donors (Lipinski definition) is 0. The van der Waals surface area contributed by atoms with E-state index >= 15 is 0 Å². The summed E-state index contributed by atoms with van der Waals surface area (Å²) in [7, 11) is 2.12. The Morgan fingerprint density at radius 2 is 1.12 bits per heavy atom. The molecule has 1 aromatic heterocycles. The van der Waals surface area contributed by atoms with Crippen LogP contribution in [0.5, 0.6) is 0 Å². The van der Waals surface area contributed by atoms with E-state index in [0.717, 1.165) is 0 Å². The van der Waals surface area contributed by atoms with Gasteiger partial charge in [0.25, 0.3) is 0 Å². The van der Waals surface area contributed by atoms with Crippen molar-refractivity contribution in [1.29, 1.82) is 0 Å². The van der Waals surface area contributed by atoms with Gasteiger partial charge in [-0.05, 0) is 12.1 Å².